The molecule has 0 spiro atoms. The number of benzene rings is 1. The lowest BCUT2D eigenvalue weighted by molar-refractivity contribution is -0.137. The third kappa shape index (κ3) is 3.31. The number of rotatable bonds is 2. The molecule has 7 heteroatoms. The quantitative estimate of drug-likeness (QED) is 0.798. The van der Waals surface area contributed by atoms with Gasteiger partial charge in [0.25, 0.3) is 5.56 Å². The number of hydrogen-bond donors (Lipinski definition) is 0. The van der Waals surface area contributed by atoms with Crippen molar-refractivity contribution in [2.24, 2.45) is 5.10 Å². The molecular formula is C16H12F3N3O. The van der Waals surface area contributed by atoms with Crippen LogP contribution in [0, 0.1) is 25.2 Å². The van der Waals surface area contributed by atoms with Gasteiger partial charge in [-0.1, -0.05) is 18.2 Å². The lowest BCUT2D eigenvalue weighted by Gasteiger charge is -2.10. The molecule has 0 amide bonds. The summed E-state index contributed by atoms with van der Waals surface area (Å²) < 4.78 is 39.7. The largest absolute Gasteiger partial charge is 0.417 e. The maximum atomic E-state index is 12.9. The molecule has 0 atom stereocenters. The van der Waals surface area contributed by atoms with Gasteiger partial charge in [0.05, 0.1) is 11.8 Å². The maximum absolute atomic E-state index is 12.9. The van der Waals surface area contributed by atoms with Gasteiger partial charge in [-0.05, 0) is 31.5 Å². The van der Waals surface area contributed by atoms with Crippen LogP contribution in [0.4, 0.5) is 13.2 Å². The molecule has 0 radical (unpaired) electrons. The minimum Gasteiger partial charge on any atom is -0.266 e. The van der Waals surface area contributed by atoms with E-state index in [1.807, 2.05) is 0 Å². The Morgan fingerprint density at radius 3 is 2.52 bits per heavy atom. The second kappa shape index (κ2) is 6.08. The van der Waals surface area contributed by atoms with Crippen molar-refractivity contribution in [2.75, 3.05) is 0 Å². The fourth-order valence-electron chi connectivity index (χ4n) is 2.15. The number of nitrogens with zero attached hydrogens (tertiary/aromatic N) is 3. The van der Waals surface area contributed by atoms with Crippen LogP contribution in [0.5, 0.6) is 0 Å². The predicted octanol–water partition coefficient (Wildman–Crippen LogP) is 3.24. The van der Waals surface area contributed by atoms with Crippen LogP contribution in [0.1, 0.15) is 27.9 Å². The Labute approximate surface area is 130 Å². The Morgan fingerprint density at radius 1 is 1.26 bits per heavy atom. The van der Waals surface area contributed by atoms with Crippen LogP contribution >= 0.6 is 0 Å². The molecule has 0 bridgehead atoms. The molecule has 1 aromatic heterocycles. The number of nitriles is 1. The van der Waals surface area contributed by atoms with Crippen molar-refractivity contribution in [3.63, 3.8) is 0 Å². The summed E-state index contributed by atoms with van der Waals surface area (Å²) in [6.45, 7) is 3.20. The van der Waals surface area contributed by atoms with E-state index in [4.69, 9.17) is 5.26 Å². The van der Waals surface area contributed by atoms with Crippen LogP contribution in [-0.4, -0.2) is 10.9 Å². The van der Waals surface area contributed by atoms with E-state index in [9.17, 15) is 18.0 Å². The first-order valence-corrected chi connectivity index (χ1v) is 6.59. The number of aromatic nitrogens is 1. The average Bonchev–Trinajstić information content (AvgIpc) is 2.46. The van der Waals surface area contributed by atoms with Gasteiger partial charge in [0, 0.05) is 11.3 Å². The second-order valence-corrected chi connectivity index (χ2v) is 4.90. The van der Waals surface area contributed by atoms with Crippen molar-refractivity contribution >= 4 is 6.21 Å². The summed E-state index contributed by atoms with van der Waals surface area (Å²) in [7, 11) is 0. The highest BCUT2D eigenvalue weighted by molar-refractivity contribution is 5.82. The van der Waals surface area contributed by atoms with E-state index in [-0.39, 0.29) is 11.1 Å². The first-order valence-electron chi connectivity index (χ1n) is 6.59. The van der Waals surface area contributed by atoms with Crippen LogP contribution in [-0.2, 0) is 6.18 Å². The van der Waals surface area contributed by atoms with Gasteiger partial charge in [0.15, 0.2) is 0 Å². The van der Waals surface area contributed by atoms with Gasteiger partial charge in [-0.2, -0.15) is 23.5 Å². The zero-order valence-corrected chi connectivity index (χ0v) is 12.3. The standard InChI is InChI=1S/C16H12F3N3O/c1-10-7-11(2)22(15(23)13(10)8-20)21-9-12-5-3-4-6-14(12)16(17,18)19/h3-7,9H,1-2H3/b21-9+. The van der Waals surface area contributed by atoms with Crippen LogP contribution < -0.4 is 5.56 Å². The fourth-order valence-corrected chi connectivity index (χ4v) is 2.15. The smallest absolute Gasteiger partial charge is 0.266 e. The topological polar surface area (TPSA) is 58.1 Å². The first-order chi connectivity index (χ1) is 10.8. The number of aryl methyl sites for hydroxylation is 2. The molecule has 2 rings (SSSR count). The number of hydrogen-bond acceptors (Lipinski definition) is 3. The van der Waals surface area contributed by atoms with Gasteiger partial charge in [0.2, 0.25) is 0 Å². The molecule has 118 valence electrons. The van der Waals surface area contributed by atoms with Gasteiger partial charge in [-0.3, -0.25) is 4.79 Å². The van der Waals surface area contributed by atoms with Crippen molar-refractivity contribution in [3.8, 4) is 6.07 Å². The first kappa shape index (κ1) is 16.5. The molecule has 0 saturated heterocycles. The van der Waals surface area contributed by atoms with Crippen molar-refractivity contribution in [2.45, 2.75) is 20.0 Å². The molecule has 0 aliphatic rings. The Morgan fingerprint density at radius 2 is 1.91 bits per heavy atom. The molecule has 23 heavy (non-hydrogen) atoms. The van der Waals surface area contributed by atoms with Gasteiger partial charge in [0.1, 0.15) is 11.6 Å². The number of alkyl halides is 3. The molecule has 4 nitrogen and oxygen atoms in total. The zero-order valence-electron chi connectivity index (χ0n) is 12.3. The van der Waals surface area contributed by atoms with Crippen molar-refractivity contribution in [1.82, 2.24) is 4.68 Å². The van der Waals surface area contributed by atoms with Gasteiger partial charge < -0.3 is 0 Å². The van der Waals surface area contributed by atoms with E-state index < -0.39 is 17.3 Å². The third-order valence-electron chi connectivity index (χ3n) is 3.25. The molecule has 0 unspecified atom stereocenters. The minimum atomic E-state index is -4.52. The Balaban J connectivity index is 2.56. The minimum absolute atomic E-state index is 0.0862. The van der Waals surface area contributed by atoms with E-state index in [0.29, 0.717) is 11.3 Å². The van der Waals surface area contributed by atoms with Gasteiger partial charge in [-0.15, -0.1) is 0 Å². The summed E-state index contributed by atoms with van der Waals surface area (Å²) >= 11 is 0. The fraction of sp³-hybridized carbons (Fsp3) is 0.188. The van der Waals surface area contributed by atoms with Crippen LogP contribution in [0.2, 0.25) is 0 Å². The highest BCUT2D eigenvalue weighted by Gasteiger charge is 2.32. The third-order valence-corrected chi connectivity index (χ3v) is 3.25. The summed E-state index contributed by atoms with van der Waals surface area (Å²) in [5.41, 5.74) is -0.834. The van der Waals surface area contributed by atoms with Crippen LogP contribution in [0.25, 0.3) is 0 Å². The highest BCUT2D eigenvalue weighted by atomic mass is 19.4. The lowest BCUT2D eigenvalue weighted by Crippen LogP contribution is -2.23. The zero-order chi connectivity index (χ0) is 17.2. The Bertz CT molecular complexity index is 874. The van der Waals surface area contributed by atoms with E-state index in [1.165, 1.54) is 18.2 Å². The van der Waals surface area contributed by atoms with Crippen LogP contribution in [0.15, 0.2) is 40.2 Å². The highest BCUT2D eigenvalue weighted by Crippen LogP contribution is 2.31. The summed E-state index contributed by atoms with van der Waals surface area (Å²) in [5.74, 6) is 0. The molecule has 1 heterocycles. The van der Waals surface area contributed by atoms with Crippen molar-refractivity contribution < 1.29 is 13.2 Å². The Hall–Kier alpha value is -2.88. The van der Waals surface area contributed by atoms with E-state index in [0.717, 1.165) is 17.0 Å². The molecule has 0 aliphatic heterocycles. The molecule has 0 fully saturated rings. The SMILES string of the molecule is Cc1cc(C)n(/N=C/c2ccccc2C(F)(F)F)c(=O)c1C#N. The Kier molecular flexibility index (Phi) is 4.36. The lowest BCUT2D eigenvalue weighted by atomic mass is 10.1. The summed E-state index contributed by atoms with van der Waals surface area (Å²) in [5, 5.41) is 12.8. The molecule has 1 aromatic carbocycles. The molecule has 0 N–H and O–H groups in total. The van der Waals surface area contributed by atoms with E-state index in [1.54, 1.807) is 26.0 Å². The van der Waals surface area contributed by atoms with E-state index in [2.05, 4.69) is 5.10 Å². The molecule has 0 saturated carbocycles. The van der Waals surface area contributed by atoms with Gasteiger partial charge >= 0.3 is 6.18 Å². The molecule has 2 aromatic rings. The van der Waals surface area contributed by atoms with Gasteiger partial charge in [-0.25, -0.2) is 4.68 Å². The van der Waals surface area contributed by atoms with Crippen molar-refractivity contribution in [3.05, 3.63) is 68.6 Å². The summed E-state index contributed by atoms with van der Waals surface area (Å²) in [4.78, 5) is 12.1. The number of pyridine rings is 1. The summed E-state index contributed by atoms with van der Waals surface area (Å²) in [6.07, 6.45) is -3.55. The second-order valence-electron chi connectivity index (χ2n) is 4.90. The van der Waals surface area contributed by atoms with E-state index >= 15 is 0 Å². The molecule has 0 aliphatic carbocycles. The van der Waals surface area contributed by atoms with Crippen molar-refractivity contribution in [1.29, 1.82) is 5.26 Å². The predicted molar refractivity (Wildman–Crippen MR) is 79.3 cm³/mol. The number of halogens is 3. The normalized spacial score (nSPS) is 11.7. The summed E-state index contributed by atoms with van der Waals surface area (Å²) in [6, 6.07) is 8.27. The maximum Gasteiger partial charge on any atom is 0.417 e. The van der Waals surface area contributed by atoms with Crippen LogP contribution in [0.3, 0.4) is 0 Å². The molecular weight excluding hydrogens is 307 g/mol. The average molecular weight is 319 g/mol. The monoisotopic (exact) mass is 319 g/mol.